The number of rotatable bonds is 5. The van der Waals surface area contributed by atoms with Crippen molar-refractivity contribution in [2.24, 2.45) is 0 Å². The standard InChI is InChI=1S/C24H31NO11/c1-31-9-18-22(32-2)20(28)21(29)24(36-18)35-17-7-14(26)12-3-4-25(23(30)19(17)27)8-11-5-15-16(6-13(11)12)34-10-33-15/h5-6,12,17-22,24,27-29H,3-4,7-10H2,1-2H3/t12-,17+,18+,19-,20+,21-,22+,24-/m0/s1. The molecular formula is C24H31NO11. The monoisotopic (exact) mass is 509 g/mol. The fourth-order valence-corrected chi connectivity index (χ4v) is 5.41. The summed E-state index contributed by atoms with van der Waals surface area (Å²) in [6.45, 7) is 0.575. The van der Waals surface area contributed by atoms with Crippen LogP contribution in [0.5, 0.6) is 11.5 Å². The third-order valence-electron chi connectivity index (χ3n) is 7.32. The van der Waals surface area contributed by atoms with Gasteiger partial charge in [-0.05, 0) is 29.7 Å². The van der Waals surface area contributed by atoms with E-state index in [1.54, 1.807) is 12.1 Å². The molecule has 3 N–H and O–H groups in total. The number of carbonyl (C=O) groups is 2. The second kappa shape index (κ2) is 10.2. The van der Waals surface area contributed by atoms with Crippen LogP contribution < -0.4 is 9.47 Å². The molecule has 1 amide bonds. The highest BCUT2D eigenvalue weighted by atomic mass is 16.7. The van der Waals surface area contributed by atoms with Crippen LogP contribution in [0.25, 0.3) is 0 Å². The van der Waals surface area contributed by atoms with Crippen molar-refractivity contribution >= 4 is 11.7 Å². The van der Waals surface area contributed by atoms with Gasteiger partial charge < -0.3 is 48.6 Å². The molecule has 2 bridgehead atoms. The Balaban J connectivity index is 1.42. The number of benzene rings is 1. The van der Waals surface area contributed by atoms with Gasteiger partial charge >= 0.3 is 0 Å². The molecule has 0 saturated carbocycles. The number of hydrogen-bond donors (Lipinski definition) is 3. The SMILES string of the molecule is COC[C@H]1O[C@H](O[C@@H]2CC(=O)[C@H]3CCN(Cc4cc5c(cc43)OCO5)C(=O)[C@H]2O)[C@@H](O)[C@@H](O)[C@@H]1OC. The first-order valence-corrected chi connectivity index (χ1v) is 11.9. The van der Waals surface area contributed by atoms with Gasteiger partial charge in [0, 0.05) is 39.6 Å². The maximum atomic E-state index is 13.5. The number of Topliss-reactive ketones (excluding diaryl/α,β-unsaturated/α-hetero) is 1. The third kappa shape index (κ3) is 4.47. The highest BCUT2D eigenvalue weighted by molar-refractivity contribution is 5.90. The first-order chi connectivity index (χ1) is 17.3. The van der Waals surface area contributed by atoms with E-state index in [1.807, 2.05) is 0 Å². The highest BCUT2D eigenvalue weighted by Crippen LogP contribution is 2.41. The average molecular weight is 510 g/mol. The summed E-state index contributed by atoms with van der Waals surface area (Å²) < 4.78 is 33.0. The fourth-order valence-electron chi connectivity index (χ4n) is 5.41. The van der Waals surface area contributed by atoms with Crippen LogP contribution in [0.1, 0.15) is 29.9 Å². The van der Waals surface area contributed by atoms with Crippen LogP contribution in [0.3, 0.4) is 0 Å². The van der Waals surface area contributed by atoms with Crippen LogP contribution in [0.2, 0.25) is 0 Å². The van der Waals surface area contributed by atoms with Gasteiger partial charge in [-0.25, -0.2) is 0 Å². The lowest BCUT2D eigenvalue weighted by atomic mass is 9.86. The zero-order valence-corrected chi connectivity index (χ0v) is 20.1. The Morgan fingerprint density at radius 3 is 2.56 bits per heavy atom. The molecule has 4 aliphatic rings. The van der Waals surface area contributed by atoms with Crippen molar-refractivity contribution in [3.05, 3.63) is 23.3 Å². The molecule has 0 radical (unpaired) electrons. The zero-order chi connectivity index (χ0) is 25.6. The molecule has 5 rings (SSSR count). The Kier molecular flexibility index (Phi) is 7.18. The molecule has 0 aliphatic carbocycles. The van der Waals surface area contributed by atoms with Crippen molar-refractivity contribution in [3.63, 3.8) is 0 Å². The molecule has 12 nitrogen and oxygen atoms in total. The number of aliphatic hydroxyl groups is 3. The number of fused-ring (bicyclic) bond motifs is 6. The molecule has 198 valence electrons. The van der Waals surface area contributed by atoms with Gasteiger partial charge in [-0.15, -0.1) is 0 Å². The number of ether oxygens (including phenoxy) is 6. The van der Waals surface area contributed by atoms with Crippen molar-refractivity contribution in [2.75, 3.05) is 34.2 Å². The van der Waals surface area contributed by atoms with E-state index in [1.165, 1.54) is 19.1 Å². The highest BCUT2D eigenvalue weighted by Gasteiger charge is 2.48. The number of methoxy groups -OCH3 is 2. The summed E-state index contributed by atoms with van der Waals surface area (Å²) in [5.74, 6) is -0.292. The van der Waals surface area contributed by atoms with Crippen LogP contribution in [-0.2, 0) is 35.1 Å². The molecule has 4 aliphatic heterocycles. The summed E-state index contributed by atoms with van der Waals surface area (Å²) in [6, 6.07) is 3.56. The molecule has 36 heavy (non-hydrogen) atoms. The number of amides is 1. The second-order valence-electron chi connectivity index (χ2n) is 9.47. The minimum atomic E-state index is -1.68. The minimum absolute atomic E-state index is 0.0377. The van der Waals surface area contributed by atoms with E-state index in [-0.39, 0.29) is 38.7 Å². The molecular weight excluding hydrogens is 478 g/mol. The normalized spacial score (nSPS) is 36.2. The second-order valence-corrected chi connectivity index (χ2v) is 9.47. The number of ketones is 1. The Hall–Kier alpha value is -2.32. The molecule has 1 aromatic carbocycles. The van der Waals surface area contributed by atoms with Gasteiger partial charge in [-0.1, -0.05) is 0 Å². The number of hydrogen-bond acceptors (Lipinski definition) is 11. The summed E-state index contributed by atoms with van der Waals surface area (Å²) >= 11 is 0. The van der Waals surface area contributed by atoms with Crippen molar-refractivity contribution in [1.29, 1.82) is 0 Å². The smallest absolute Gasteiger partial charge is 0.254 e. The van der Waals surface area contributed by atoms with E-state index < -0.39 is 54.7 Å². The van der Waals surface area contributed by atoms with Gasteiger partial charge in [0.25, 0.3) is 5.91 Å². The van der Waals surface area contributed by atoms with E-state index in [2.05, 4.69) is 0 Å². The number of carbonyl (C=O) groups excluding carboxylic acids is 2. The molecule has 12 heteroatoms. The van der Waals surface area contributed by atoms with Crippen LogP contribution in [0, 0.1) is 0 Å². The van der Waals surface area contributed by atoms with Crippen molar-refractivity contribution < 1.29 is 53.3 Å². The number of aliphatic hydroxyl groups excluding tert-OH is 3. The molecule has 2 fully saturated rings. The predicted octanol–water partition coefficient (Wildman–Crippen LogP) is -0.942. The average Bonchev–Trinajstić information content (AvgIpc) is 3.24. The molecule has 0 spiro atoms. The Morgan fingerprint density at radius 2 is 1.83 bits per heavy atom. The topological polar surface area (TPSA) is 153 Å². The summed E-state index contributed by atoms with van der Waals surface area (Å²) in [6.07, 6.45) is -8.94. The molecule has 2 saturated heterocycles. The van der Waals surface area contributed by atoms with Crippen molar-refractivity contribution in [3.8, 4) is 11.5 Å². The van der Waals surface area contributed by atoms with Crippen molar-refractivity contribution in [2.45, 2.75) is 68.2 Å². The van der Waals surface area contributed by atoms with Gasteiger partial charge in [-0.2, -0.15) is 0 Å². The molecule has 8 atom stereocenters. The lowest BCUT2D eigenvalue weighted by Crippen LogP contribution is -2.61. The zero-order valence-electron chi connectivity index (χ0n) is 20.1. The quantitative estimate of drug-likeness (QED) is 0.451. The van der Waals surface area contributed by atoms with Crippen LogP contribution in [-0.4, -0.2) is 109 Å². The van der Waals surface area contributed by atoms with E-state index in [4.69, 9.17) is 28.4 Å². The summed E-state index contributed by atoms with van der Waals surface area (Å²) in [5.41, 5.74) is 1.51. The summed E-state index contributed by atoms with van der Waals surface area (Å²) in [4.78, 5) is 28.3. The maximum Gasteiger partial charge on any atom is 0.254 e. The van der Waals surface area contributed by atoms with Gasteiger partial charge in [0.1, 0.15) is 36.3 Å². The Bertz CT molecular complexity index is 1000. The summed E-state index contributed by atoms with van der Waals surface area (Å²) in [7, 11) is 2.81. The maximum absolute atomic E-state index is 13.5. The van der Waals surface area contributed by atoms with Crippen LogP contribution in [0.15, 0.2) is 12.1 Å². The first kappa shape index (κ1) is 25.3. The molecule has 1 aromatic rings. The lowest BCUT2D eigenvalue weighted by Gasteiger charge is -2.43. The molecule has 0 aromatic heterocycles. The predicted molar refractivity (Wildman–Crippen MR) is 119 cm³/mol. The van der Waals surface area contributed by atoms with Crippen LogP contribution in [0.4, 0.5) is 0 Å². The number of nitrogens with zero attached hydrogens (tertiary/aromatic N) is 1. The Morgan fingerprint density at radius 1 is 1.08 bits per heavy atom. The Labute approximate surface area is 207 Å². The van der Waals surface area contributed by atoms with E-state index in [0.717, 1.165) is 11.1 Å². The van der Waals surface area contributed by atoms with Gasteiger partial charge in [0.05, 0.1) is 6.61 Å². The third-order valence-corrected chi connectivity index (χ3v) is 7.32. The van der Waals surface area contributed by atoms with Crippen LogP contribution >= 0.6 is 0 Å². The van der Waals surface area contributed by atoms with Gasteiger partial charge in [0.2, 0.25) is 6.79 Å². The largest absolute Gasteiger partial charge is 0.454 e. The van der Waals surface area contributed by atoms with E-state index in [9.17, 15) is 24.9 Å². The van der Waals surface area contributed by atoms with Crippen molar-refractivity contribution in [1.82, 2.24) is 4.90 Å². The molecule has 4 heterocycles. The minimum Gasteiger partial charge on any atom is -0.454 e. The van der Waals surface area contributed by atoms with Gasteiger partial charge in [-0.3, -0.25) is 9.59 Å². The lowest BCUT2D eigenvalue weighted by molar-refractivity contribution is -0.319. The van der Waals surface area contributed by atoms with E-state index >= 15 is 0 Å². The first-order valence-electron chi connectivity index (χ1n) is 11.9. The fraction of sp³-hybridized carbons (Fsp3) is 0.667. The molecule has 0 unspecified atom stereocenters. The summed E-state index contributed by atoms with van der Waals surface area (Å²) in [5, 5.41) is 32.2. The van der Waals surface area contributed by atoms with Gasteiger partial charge in [0.15, 0.2) is 23.9 Å². The van der Waals surface area contributed by atoms with E-state index in [0.29, 0.717) is 17.9 Å².